The summed E-state index contributed by atoms with van der Waals surface area (Å²) < 4.78 is 5.30. The lowest BCUT2D eigenvalue weighted by molar-refractivity contribution is -0.130. The molecule has 0 bridgehead atoms. The molecule has 0 atom stereocenters. The van der Waals surface area contributed by atoms with Crippen LogP contribution in [-0.4, -0.2) is 19.1 Å². The molecule has 1 amide bonds. The van der Waals surface area contributed by atoms with Gasteiger partial charge in [-0.2, -0.15) is 0 Å². The number of nitrogens with two attached hydrogens (primary N) is 1. The van der Waals surface area contributed by atoms with Crippen molar-refractivity contribution in [3.05, 3.63) is 0 Å². The van der Waals surface area contributed by atoms with E-state index in [0.717, 1.165) is 25.7 Å². The Bertz CT molecular complexity index is 205. The lowest BCUT2D eigenvalue weighted by Crippen LogP contribution is -2.40. The Hall–Kier alpha value is -0.570. The number of hydrogen-bond donors (Lipinski definition) is 1. The van der Waals surface area contributed by atoms with Crippen LogP contribution in [0.25, 0.3) is 0 Å². The highest BCUT2D eigenvalue weighted by atomic mass is 16.5. The molecule has 3 nitrogen and oxygen atoms in total. The van der Waals surface area contributed by atoms with Crippen molar-refractivity contribution in [3.8, 4) is 0 Å². The average Bonchev–Trinajstić information content (AvgIpc) is 2.17. The van der Waals surface area contributed by atoms with Crippen LogP contribution in [0.3, 0.4) is 0 Å². The molecule has 0 unspecified atom stereocenters. The minimum atomic E-state index is -0.362. The van der Waals surface area contributed by atoms with Crippen molar-refractivity contribution < 1.29 is 9.53 Å². The Morgan fingerprint density at radius 1 is 1.29 bits per heavy atom. The highest BCUT2D eigenvalue weighted by molar-refractivity contribution is 5.80. The van der Waals surface area contributed by atoms with Crippen LogP contribution in [0.15, 0.2) is 0 Å². The fourth-order valence-electron chi connectivity index (χ4n) is 2.22. The van der Waals surface area contributed by atoms with Crippen LogP contribution in [0, 0.1) is 11.3 Å². The molecule has 0 aliphatic heterocycles. The minimum Gasteiger partial charge on any atom is -0.381 e. The number of carbonyl (C=O) groups is 1. The molecule has 0 aromatic rings. The van der Waals surface area contributed by atoms with E-state index in [0.29, 0.717) is 12.0 Å². The van der Waals surface area contributed by atoms with E-state index in [1.165, 1.54) is 0 Å². The summed E-state index contributed by atoms with van der Waals surface area (Å²) in [7, 11) is 1.75. The zero-order valence-corrected chi connectivity index (χ0v) is 9.38. The predicted octanol–water partition coefficient (Wildman–Crippen LogP) is 1.70. The average molecular weight is 199 g/mol. The van der Waals surface area contributed by atoms with Crippen LogP contribution in [0.4, 0.5) is 0 Å². The van der Waals surface area contributed by atoms with Gasteiger partial charge >= 0.3 is 0 Å². The van der Waals surface area contributed by atoms with Crippen LogP contribution in [-0.2, 0) is 9.53 Å². The van der Waals surface area contributed by atoms with Gasteiger partial charge in [-0.25, -0.2) is 0 Å². The Balaban J connectivity index is 2.53. The molecule has 14 heavy (non-hydrogen) atoms. The highest BCUT2D eigenvalue weighted by Gasteiger charge is 2.37. The molecule has 1 aliphatic rings. The Labute approximate surface area is 86.0 Å². The van der Waals surface area contributed by atoms with Gasteiger partial charge < -0.3 is 10.5 Å². The van der Waals surface area contributed by atoms with Gasteiger partial charge in [-0.1, -0.05) is 13.8 Å². The second kappa shape index (κ2) is 4.30. The lowest BCUT2D eigenvalue weighted by atomic mass is 9.70. The van der Waals surface area contributed by atoms with E-state index in [1.807, 2.05) is 13.8 Å². The zero-order valence-electron chi connectivity index (χ0n) is 9.38. The first-order chi connectivity index (χ1) is 6.48. The quantitative estimate of drug-likeness (QED) is 0.752. The number of primary amides is 1. The molecule has 0 aromatic carbocycles. The maximum atomic E-state index is 11.3. The van der Waals surface area contributed by atoms with Crippen molar-refractivity contribution in [3.63, 3.8) is 0 Å². The van der Waals surface area contributed by atoms with Gasteiger partial charge in [0.25, 0.3) is 0 Å². The molecule has 0 saturated heterocycles. The molecule has 1 saturated carbocycles. The van der Waals surface area contributed by atoms with Gasteiger partial charge in [-0.05, 0) is 31.6 Å². The van der Waals surface area contributed by atoms with E-state index >= 15 is 0 Å². The Morgan fingerprint density at radius 3 is 2.14 bits per heavy atom. The first-order valence-electron chi connectivity index (χ1n) is 5.31. The number of amides is 1. The van der Waals surface area contributed by atoms with E-state index in [-0.39, 0.29) is 11.3 Å². The van der Waals surface area contributed by atoms with E-state index in [4.69, 9.17) is 10.5 Å². The molecule has 0 radical (unpaired) electrons. The Morgan fingerprint density at radius 2 is 1.79 bits per heavy atom. The van der Waals surface area contributed by atoms with E-state index in [1.54, 1.807) is 7.11 Å². The van der Waals surface area contributed by atoms with Crippen molar-refractivity contribution >= 4 is 5.91 Å². The van der Waals surface area contributed by atoms with Gasteiger partial charge in [-0.15, -0.1) is 0 Å². The normalized spacial score (nSPS) is 28.8. The fraction of sp³-hybridized carbons (Fsp3) is 0.909. The van der Waals surface area contributed by atoms with Crippen molar-refractivity contribution in [2.75, 3.05) is 7.11 Å². The minimum absolute atomic E-state index is 0.182. The molecule has 82 valence electrons. The smallest absolute Gasteiger partial charge is 0.223 e. The number of ether oxygens (including phenoxy) is 1. The second-order valence-corrected chi connectivity index (χ2v) is 4.80. The fourth-order valence-corrected chi connectivity index (χ4v) is 2.22. The maximum Gasteiger partial charge on any atom is 0.223 e. The lowest BCUT2D eigenvalue weighted by Gasteiger charge is -2.36. The summed E-state index contributed by atoms with van der Waals surface area (Å²) in [4.78, 5) is 11.3. The van der Waals surface area contributed by atoms with Crippen molar-refractivity contribution in [1.29, 1.82) is 0 Å². The first kappa shape index (κ1) is 11.5. The van der Waals surface area contributed by atoms with E-state index in [9.17, 15) is 4.79 Å². The number of methoxy groups -OCH3 is 1. The van der Waals surface area contributed by atoms with Crippen LogP contribution in [0.1, 0.15) is 39.5 Å². The predicted molar refractivity (Wildman–Crippen MR) is 55.7 cm³/mol. The van der Waals surface area contributed by atoms with Gasteiger partial charge in [-0.3, -0.25) is 4.79 Å². The number of hydrogen-bond acceptors (Lipinski definition) is 2. The molecular formula is C11H21NO2. The molecule has 0 spiro atoms. The monoisotopic (exact) mass is 199 g/mol. The summed E-state index contributed by atoms with van der Waals surface area (Å²) in [5, 5.41) is 0. The molecule has 0 heterocycles. The topological polar surface area (TPSA) is 52.3 Å². The zero-order chi connectivity index (χ0) is 10.8. The molecule has 0 aromatic heterocycles. The molecule has 1 aliphatic carbocycles. The van der Waals surface area contributed by atoms with Crippen molar-refractivity contribution in [2.24, 2.45) is 17.1 Å². The third-order valence-corrected chi connectivity index (χ3v) is 3.66. The van der Waals surface area contributed by atoms with Crippen LogP contribution < -0.4 is 5.73 Å². The maximum absolute atomic E-state index is 11.3. The number of rotatable bonds is 3. The van der Waals surface area contributed by atoms with Crippen LogP contribution >= 0.6 is 0 Å². The molecule has 2 N–H and O–H groups in total. The molecule has 3 heteroatoms. The third-order valence-electron chi connectivity index (χ3n) is 3.66. The first-order valence-corrected chi connectivity index (χ1v) is 5.31. The van der Waals surface area contributed by atoms with Crippen molar-refractivity contribution in [2.45, 2.75) is 45.6 Å². The van der Waals surface area contributed by atoms with E-state index in [2.05, 4.69) is 0 Å². The summed E-state index contributed by atoms with van der Waals surface area (Å²) in [6, 6.07) is 0. The summed E-state index contributed by atoms with van der Waals surface area (Å²) in [6.45, 7) is 3.90. The number of carbonyl (C=O) groups excluding carboxylic acids is 1. The largest absolute Gasteiger partial charge is 0.381 e. The van der Waals surface area contributed by atoms with Crippen LogP contribution in [0.5, 0.6) is 0 Å². The second-order valence-electron chi connectivity index (χ2n) is 4.80. The standard InChI is InChI=1S/C11H21NO2/c1-11(2,10(12)13)8-4-6-9(14-3)7-5-8/h8-9H,4-7H2,1-3H3,(H2,12,13). The molecule has 1 rings (SSSR count). The van der Waals surface area contributed by atoms with Gasteiger partial charge in [0, 0.05) is 12.5 Å². The highest BCUT2D eigenvalue weighted by Crippen LogP contribution is 2.38. The third kappa shape index (κ3) is 2.27. The summed E-state index contributed by atoms with van der Waals surface area (Å²) in [6.07, 6.45) is 4.59. The molecular weight excluding hydrogens is 178 g/mol. The SMILES string of the molecule is COC1CCC(C(C)(C)C(N)=O)CC1. The van der Waals surface area contributed by atoms with Gasteiger partial charge in [0.2, 0.25) is 5.91 Å². The van der Waals surface area contributed by atoms with Gasteiger partial charge in [0.15, 0.2) is 0 Å². The van der Waals surface area contributed by atoms with Crippen LogP contribution in [0.2, 0.25) is 0 Å². The summed E-state index contributed by atoms with van der Waals surface area (Å²) in [5.41, 5.74) is 5.04. The van der Waals surface area contributed by atoms with Crippen molar-refractivity contribution in [1.82, 2.24) is 0 Å². The molecule has 1 fully saturated rings. The van der Waals surface area contributed by atoms with Gasteiger partial charge in [0.1, 0.15) is 0 Å². The summed E-state index contributed by atoms with van der Waals surface area (Å²) >= 11 is 0. The van der Waals surface area contributed by atoms with E-state index < -0.39 is 0 Å². The summed E-state index contributed by atoms with van der Waals surface area (Å²) in [5.74, 6) is 0.241. The van der Waals surface area contributed by atoms with Gasteiger partial charge in [0.05, 0.1) is 6.10 Å². The Kier molecular flexibility index (Phi) is 3.53.